The summed E-state index contributed by atoms with van der Waals surface area (Å²) in [5, 5.41) is 19.5. The number of ether oxygens (including phenoxy) is 1. The average Bonchev–Trinajstić information content (AvgIpc) is 2.33. The standard InChI is InChI=1S/C14H21NO4/c1-10(2)9-15(7-8-19-3)14(18)13-11(16)5-4-6-12(13)17/h4-6,10,16-17H,7-9H2,1-3H3. The molecule has 1 aromatic rings. The second kappa shape index (κ2) is 6.99. The SMILES string of the molecule is COCCN(CC(C)C)C(=O)c1c(O)cccc1O. The average molecular weight is 267 g/mol. The smallest absolute Gasteiger partial charge is 0.261 e. The van der Waals surface area contributed by atoms with Crippen molar-refractivity contribution in [2.24, 2.45) is 5.92 Å². The normalized spacial score (nSPS) is 10.7. The third-order valence-electron chi connectivity index (χ3n) is 2.67. The molecule has 106 valence electrons. The number of amides is 1. The molecule has 0 heterocycles. The van der Waals surface area contributed by atoms with Crippen LogP contribution >= 0.6 is 0 Å². The van der Waals surface area contributed by atoms with E-state index < -0.39 is 0 Å². The molecular weight excluding hydrogens is 246 g/mol. The maximum absolute atomic E-state index is 12.4. The molecule has 1 aromatic carbocycles. The summed E-state index contributed by atoms with van der Waals surface area (Å²) in [4.78, 5) is 14.0. The molecule has 0 aliphatic rings. The first-order valence-electron chi connectivity index (χ1n) is 6.26. The summed E-state index contributed by atoms with van der Waals surface area (Å²) in [5.41, 5.74) is -0.0562. The van der Waals surface area contributed by atoms with Gasteiger partial charge in [0.1, 0.15) is 17.1 Å². The molecule has 0 fully saturated rings. The highest BCUT2D eigenvalue weighted by Crippen LogP contribution is 2.27. The number of benzene rings is 1. The summed E-state index contributed by atoms with van der Waals surface area (Å²) in [6.07, 6.45) is 0. The third kappa shape index (κ3) is 4.13. The van der Waals surface area contributed by atoms with Crippen LogP contribution in [0.15, 0.2) is 18.2 Å². The van der Waals surface area contributed by atoms with Crippen LogP contribution in [0.4, 0.5) is 0 Å². The molecule has 0 saturated carbocycles. The van der Waals surface area contributed by atoms with E-state index in [-0.39, 0.29) is 28.9 Å². The molecule has 0 unspecified atom stereocenters. The van der Waals surface area contributed by atoms with Gasteiger partial charge in [-0.05, 0) is 18.1 Å². The van der Waals surface area contributed by atoms with Crippen molar-refractivity contribution in [3.8, 4) is 11.5 Å². The summed E-state index contributed by atoms with van der Waals surface area (Å²) in [6, 6.07) is 4.26. The van der Waals surface area contributed by atoms with Crippen molar-refractivity contribution >= 4 is 5.91 Å². The molecule has 0 aliphatic heterocycles. The second-order valence-electron chi connectivity index (χ2n) is 4.81. The largest absolute Gasteiger partial charge is 0.507 e. The van der Waals surface area contributed by atoms with E-state index in [4.69, 9.17) is 4.74 Å². The van der Waals surface area contributed by atoms with Gasteiger partial charge in [-0.15, -0.1) is 0 Å². The van der Waals surface area contributed by atoms with Crippen molar-refractivity contribution in [3.63, 3.8) is 0 Å². The second-order valence-corrected chi connectivity index (χ2v) is 4.81. The highest BCUT2D eigenvalue weighted by molar-refractivity contribution is 5.99. The van der Waals surface area contributed by atoms with Crippen molar-refractivity contribution in [2.45, 2.75) is 13.8 Å². The fourth-order valence-corrected chi connectivity index (χ4v) is 1.82. The maximum Gasteiger partial charge on any atom is 0.261 e. The third-order valence-corrected chi connectivity index (χ3v) is 2.67. The Hall–Kier alpha value is -1.75. The number of rotatable bonds is 6. The molecule has 1 rings (SSSR count). The minimum Gasteiger partial charge on any atom is -0.507 e. The molecule has 0 bridgehead atoms. The van der Waals surface area contributed by atoms with Gasteiger partial charge in [-0.25, -0.2) is 0 Å². The predicted molar refractivity (Wildman–Crippen MR) is 72.4 cm³/mol. The Morgan fingerprint density at radius 2 is 1.89 bits per heavy atom. The van der Waals surface area contributed by atoms with Crippen LogP contribution in [-0.2, 0) is 4.74 Å². The molecule has 0 aliphatic carbocycles. The molecule has 5 nitrogen and oxygen atoms in total. The topological polar surface area (TPSA) is 70.0 Å². The van der Waals surface area contributed by atoms with E-state index in [0.717, 1.165) is 0 Å². The molecule has 0 saturated heterocycles. The van der Waals surface area contributed by atoms with Crippen LogP contribution in [0.5, 0.6) is 11.5 Å². The monoisotopic (exact) mass is 267 g/mol. The first-order chi connectivity index (χ1) is 8.97. The van der Waals surface area contributed by atoms with Gasteiger partial charge in [0.25, 0.3) is 5.91 Å². The highest BCUT2D eigenvalue weighted by Gasteiger charge is 2.22. The molecule has 1 amide bonds. The van der Waals surface area contributed by atoms with Crippen LogP contribution in [0, 0.1) is 5.92 Å². The number of hydrogen-bond donors (Lipinski definition) is 2. The lowest BCUT2D eigenvalue weighted by Crippen LogP contribution is -2.36. The fraction of sp³-hybridized carbons (Fsp3) is 0.500. The Kier molecular flexibility index (Phi) is 5.63. The Balaban J connectivity index is 2.97. The summed E-state index contributed by atoms with van der Waals surface area (Å²) in [6.45, 7) is 5.36. The Labute approximate surface area is 113 Å². The molecule has 19 heavy (non-hydrogen) atoms. The summed E-state index contributed by atoms with van der Waals surface area (Å²) >= 11 is 0. The van der Waals surface area contributed by atoms with Gasteiger partial charge in [-0.2, -0.15) is 0 Å². The lowest BCUT2D eigenvalue weighted by Gasteiger charge is -2.25. The Morgan fingerprint density at radius 3 is 2.37 bits per heavy atom. The number of nitrogens with zero attached hydrogens (tertiary/aromatic N) is 1. The Bertz CT molecular complexity index is 411. The molecule has 0 radical (unpaired) electrons. The Morgan fingerprint density at radius 1 is 1.32 bits per heavy atom. The van der Waals surface area contributed by atoms with Crippen molar-refractivity contribution in [2.75, 3.05) is 26.8 Å². The molecule has 0 spiro atoms. The van der Waals surface area contributed by atoms with E-state index in [2.05, 4.69) is 0 Å². The molecule has 0 aromatic heterocycles. The quantitative estimate of drug-likeness (QED) is 0.825. The molecule has 2 N–H and O–H groups in total. The van der Waals surface area contributed by atoms with Crippen molar-refractivity contribution in [3.05, 3.63) is 23.8 Å². The maximum atomic E-state index is 12.4. The minimum atomic E-state index is -0.388. The van der Waals surface area contributed by atoms with Gasteiger partial charge in [0.05, 0.1) is 6.61 Å². The van der Waals surface area contributed by atoms with Gasteiger partial charge in [0.2, 0.25) is 0 Å². The number of carbonyl (C=O) groups is 1. The number of phenols is 2. The number of carbonyl (C=O) groups excluding carboxylic acids is 1. The summed E-state index contributed by atoms with van der Waals surface area (Å²) in [5.74, 6) is -0.525. The fourth-order valence-electron chi connectivity index (χ4n) is 1.82. The van der Waals surface area contributed by atoms with Crippen LogP contribution in [0.3, 0.4) is 0 Å². The summed E-state index contributed by atoms with van der Waals surface area (Å²) < 4.78 is 4.98. The lowest BCUT2D eigenvalue weighted by molar-refractivity contribution is 0.0666. The number of hydrogen-bond acceptors (Lipinski definition) is 4. The van der Waals surface area contributed by atoms with Crippen LogP contribution < -0.4 is 0 Å². The van der Waals surface area contributed by atoms with E-state index in [1.165, 1.54) is 18.2 Å². The van der Waals surface area contributed by atoms with E-state index in [1.807, 2.05) is 13.8 Å². The first kappa shape index (κ1) is 15.3. The molecular formula is C14H21NO4. The van der Waals surface area contributed by atoms with E-state index in [1.54, 1.807) is 12.0 Å². The minimum absolute atomic E-state index is 0.0562. The zero-order chi connectivity index (χ0) is 14.4. The van der Waals surface area contributed by atoms with Crippen molar-refractivity contribution in [1.82, 2.24) is 4.90 Å². The van der Waals surface area contributed by atoms with Gasteiger partial charge in [0.15, 0.2) is 0 Å². The predicted octanol–water partition coefficient (Wildman–Crippen LogP) is 1.84. The van der Waals surface area contributed by atoms with Crippen molar-refractivity contribution in [1.29, 1.82) is 0 Å². The van der Waals surface area contributed by atoms with Gasteiger partial charge >= 0.3 is 0 Å². The van der Waals surface area contributed by atoms with Crippen LogP contribution in [0.25, 0.3) is 0 Å². The first-order valence-corrected chi connectivity index (χ1v) is 6.26. The van der Waals surface area contributed by atoms with Crippen LogP contribution in [0.1, 0.15) is 24.2 Å². The van der Waals surface area contributed by atoms with Gasteiger partial charge in [0, 0.05) is 20.2 Å². The van der Waals surface area contributed by atoms with Crippen LogP contribution in [-0.4, -0.2) is 47.8 Å². The number of phenolic OH excluding ortho intramolecular Hbond substituents is 2. The summed E-state index contributed by atoms with van der Waals surface area (Å²) in [7, 11) is 1.56. The van der Waals surface area contributed by atoms with Crippen molar-refractivity contribution < 1.29 is 19.7 Å². The number of aromatic hydroxyl groups is 2. The molecule has 0 atom stereocenters. The number of methoxy groups -OCH3 is 1. The van der Waals surface area contributed by atoms with E-state index in [9.17, 15) is 15.0 Å². The van der Waals surface area contributed by atoms with Gasteiger partial charge in [-0.3, -0.25) is 4.79 Å². The lowest BCUT2D eigenvalue weighted by atomic mass is 10.1. The van der Waals surface area contributed by atoms with Crippen LogP contribution in [0.2, 0.25) is 0 Å². The van der Waals surface area contributed by atoms with E-state index >= 15 is 0 Å². The zero-order valence-corrected chi connectivity index (χ0v) is 11.6. The molecule has 5 heteroatoms. The highest BCUT2D eigenvalue weighted by atomic mass is 16.5. The van der Waals surface area contributed by atoms with Gasteiger partial charge in [-0.1, -0.05) is 19.9 Å². The van der Waals surface area contributed by atoms with Gasteiger partial charge < -0.3 is 19.8 Å². The zero-order valence-electron chi connectivity index (χ0n) is 11.6. The van der Waals surface area contributed by atoms with E-state index in [0.29, 0.717) is 19.7 Å².